The predicted octanol–water partition coefficient (Wildman–Crippen LogP) is 1.65. The number of pyridine rings is 1. The molecule has 2 N–H and O–H groups in total. The predicted molar refractivity (Wildman–Crippen MR) is 60.8 cm³/mol. The molecule has 1 unspecified atom stereocenters. The van der Waals surface area contributed by atoms with Gasteiger partial charge in [-0.05, 0) is 19.4 Å². The topological polar surface area (TPSA) is 105 Å². The Balaban J connectivity index is 3.10. The van der Waals surface area contributed by atoms with Gasteiger partial charge in [0.05, 0.1) is 4.92 Å². The molecule has 0 amide bonds. The van der Waals surface area contributed by atoms with Crippen LogP contribution in [0.3, 0.4) is 0 Å². The normalized spacial score (nSPS) is 13.8. The average Bonchev–Trinajstić information content (AvgIpc) is 2.29. The number of hydrogen-bond donors (Lipinski definition) is 2. The van der Waals surface area contributed by atoms with Crippen LogP contribution in [0.15, 0.2) is 18.5 Å². The SMILES string of the molecule is CCC(C)(Nc1ccncc1[N+](=O)[O-])C(=O)O. The molecule has 1 rings (SSSR count). The first-order valence-electron chi connectivity index (χ1n) is 5.00. The number of nitrogens with one attached hydrogen (secondary N) is 1. The zero-order valence-electron chi connectivity index (χ0n) is 9.51. The Morgan fingerprint density at radius 2 is 2.35 bits per heavy atom. The number of aliphatic carboxylic acids is 1. The van der Waals surface area contributed by atoms with E-state index in [1.807, 2.05) is 0 Å². The molecule has 1 atom stereocenters. The fraction of sp³-hybridized carbons (Fsp3) is 0.400. The van der Waals surface area contributed by atoms with Crippen LogP contribution in [-0.2, 0) is 4.79 Å². The third-order valence-corrected chi connectivity index (χ3v) is 2.59. The number of carboxylic acids is 1. The van der Waals surface area contributed by atoms with Crippen molar-refractivity contribution in [1.82, 2.24) is 4.98 Å². The lowest BCUT2D eigenvalue weighted by atomic mass is 9.99. The summed E-state index contributed by atoms with van der Waals surface area (Å²) in [5, 5.41) is 22.5. The largest absolute Gasteiger partial charge is 0.480 e. The molecule has 0 aliphatic rings. The minimum atomic E-state index is -1.24. The maximum atomic E-state index is 11.1. The quantitative estimate of drug-likeness (QED) is 0.597. The van der Waals surface area contributed by atoms with Gasteiger partial charge in [-0.25, -0.2) is 4.79 Å². The summed E-state index contributed by atoms with van der Waals surface area (Å²) >= 11 is 0. The summed E-state index contributed by atoms with van der Waals surface area (Å²) in [5.41, 5.74) is -1.34. The molecule has 0 aliphatic carbocycles. The number of carboxylic acid groups (broad SMARTS) is 1. The minimum Gasteiger partial charge on any atom is -0.480 e. The molecule has 0 aliphatic heterocycles. The maximum Gasteiger partial charge on any atom is 0.329 e. The van der Waals surface area contributed by atoms with Gasteiger partial charge in [-0.3, -0.25) is 15.1 Å². The third-order valence-electron chi connectivity index (χ3n) is 2.59. The number of nitro groups is 1. The lowest BCUT2D eigenvalue weighted by molar-refractivity contribution is -0.384. The Morgan fingerprint density at radius 3 is 2.82 bits per heavy atom. The lowest BCUT2D eigenvalue weighted by Crippen LogP contribution is -2.42. The molecule has 7 nitrogen and oxygen atoms in total. The van der Waals surface area contributed by atoms with Crippen LogP contribution in [0.25, 0.3) is 0 Å². The first-order valence-corrected chi connectivity index (χ1v) is 5.00. The molecule has 0 radical (unpaired) electrons. The summed E-state index contributed by atoms with van der Waals surface area (Å²) in [6.07, 6.45) is 2.75. The van der Waals surface area contributed by atoms with E-state index in [-0.39, 0.29) is 11.4 Å². The Hall–Kier alpha value is -2.18. The second kappa shape index (κ2) is 4.77. The molecule has 0 saturated heterocycles. The molecule has 0 bridgehead atoms. The van der Waals surface area contributed by atoms with E-state index in [0.29, 0.717) is 6.42 Å². The number of hydrogen-bond acceptors (Lipinski definition) is 5. The van der Waals surface area contributed by atoms with Gasteiger partial charge in [-0.2, -0.15) is 0 Å². The molecule has 1 heterocycles. The van der Waals surface area contributed by atoms with E-state index in [0.717, 1.165) is 6.20 Å². The van der Waals surface area contributed by atoms with Crippen molar-refractivity contribution in [3.63, 3.8) is 0 Å². The fourth-order valence-corrected chi connectivity index (χ4v) is 1.23. The van der Waals surface area contributed by atoms with Crippen LogP contribution in [0.1, 0.15) is 20.3 Å². The van der Waals surface area contributed by atoms with Crippen LogP contribution in [0.4, 0.5) is 11.4 Å². The molecular formula is C10H13N3O4. The van der Waals surface area contributed by atoms with Crippen molar-refractivity contribution in [3.8, 4) is 0 Å². The molecule has 1 aromatic rings. The first kappa shape index (κ1) is 12.9. The summed E-state index contributed by atoms with van der Waals surface area (Å²) < 4.78 is 0. The van der Waals surface area contributed by atoms with Crippen LogP contribution >= 0.6 is 0 Å². The van der Waals surface area contributed by atoms with E-state index in [1.165, 1.54) is 19.2 Å². The van der Waals surface area contributed by atoms with Gasteiger partial charge >= 0.3 is 11.7 Å². The van der Waals surface area contributed by atoms with Gasteiger partial charge in [-0.1, -0.05) is 6.92 Å². The summed E-state index contributed by atoms with van der Waals surface area (Å²) in [6, 6.07) is 1.38. The molecule has 1 aromatic heterocycles. The van der Waals surface area contributed by atoms with Crippen LogP contribution in [-0.4, -0.2) is 26.5 Å². The number of nitrogens with zero attached hydrogens (tertiary/aromatic N) is 2. The van der Waals surface area contributed by atoms with Crippen LogP contribution in [0.2, 0.25) is 0 Å². The van der Waals surface area contributed by atoms with Crippen molar-refractivity contribution in [1.29, 1.82) is 0 Å². The van der Waals surface area contributed by atoms with Crippen molar-refractivity contribution in [2.75, 3.05) is 5.32 Å². The van der Waals surface area contributed by atoms with Crippen molar-refractivity contribution in [2.45, 2.75) is 25.8 Å². The van der Waals surface area contributed by atoms with Crippen molar-refractivity contribution in [2.24, 2.45) is 0 Å². The van der Waals surface area contributed by atoms with Crippen molar-refractivity contribution >= 4 is 17.3 Å². The molecule has 0 fully saturated rings. The lowest BCUT2D eigenvalue weighted by Gasteiger charge is -2.25. The minimum absolute atomic E-state index is 0.150. The van der Waals surface area contributed by atoms with Gasteiger partial charge in [0.2, 0.25) is 0 Å². The Morgan fingerprint density at radius 1 is 1.71 bits per heavy atom. The van der Waals surface area contributed by atoms with Gasteiger partial charge in [-0.15, -0.1) is 0 Å². The van der Waals surface area contributed by atoms with Gasteiger partial charge in [0.1, 0.15) is 17.4 Å². The molecule has 92 valence electrons. The molecule has 0 saturated carbocycles. The van der Waals surface area contributed by atoms with Gasteiger partial charge in [0, 0.05) is 6.20 Å². The Labute approximate surface area is 97.6 Å². The molecule has 0 aromatic carbocycles. The average molecular weight is 239 g/mol. The highest BCUT2D eigenvalue weighted by Gasteiger charge is 2.32. The third kappa shape index (κ3) is 2.68. The number of carbonyl (C=O) groups is 1. The first-order chi connectivity index (χ1) is 7.90. The molecule has 7 heteroatoms. The van der Waals surface area contributed by atoms with Crippen LogP contribution in [0, 0.1) is 10.1 Å². The zero-order valence-corrected chi connectivity index (χ0v) is 9.51. The van der Waals surface area contributed by atoms with Crippen LogP contribution < -0.4 is 5.32 Å². The maximum absolute atomic E-state index is 11.1. The van der Waals surface area contributed by atoms with Crippen molar-refractivity contribution < 1.29 is 14.8 Å². The summed E-state index contributed by atoms with van der Waals surface area (Å²) in [6.45, 7) is 3.16. The number of anilines is 1. The van der Waals surface area contributed by atoms with E-state index < -0.39 is 16.4 Å². The van der Waals surface area contributed by atoms with Gasteiger partial charge in [0.25, 0.3) is 0 Å². The standard InChI is InChI=1S/C10H13N3O4/c1-3-10(2,9(14)15)12-7-4-5-11-6-8(7)13(16)17/h4-6H,3H2,1-2H3,(H,11,12)(H,14,15). The summed E-state index contributed by atoms with van der Waals surface area (Å²) in [4.78, 5) is 24.9. The highest BCUT2D eigenvalue weighted by Crippen LogP contribution is 2.26. The van der Waals surface area contributed by atoms with E-state index >= 15 is 0 Å². The van der Waals surface area contributed by atoms with Gasteiger partial charge < -0.3 is 10.4 Å². The highest BCUT2D eigenvalue weighted by molar-refractivity contribution is 5.83. The van der Waals surface area contributed by atoms with E-state index in [1.54, 1.807) is 6.92 Å². The van der Waals surface area contributed by atoms with Gasteiger partial charge in [0.15, 0.2) is 0 Å². The monoisotopic (exact) mass is 239 g/mol. The zero-order chi connectivity index (χ0) is 13.1. The molecule has 17 heavy (non-hydrogen) atoms. The molecule has 0 spiro atoms. The van der Waals surface area contributed by atoms with E-state index in [2.05, 4.69) is 10.3 Å². The van der Waals surface area contributed by atoms with Crippen molar-refractivity contribution in [3.05, 3.63) is 28.6 Å². The summed E-state index contributed by atoms with van der Waals surface area (Å²) in [5.74, 6) is -1.06. The second-order valence-electron chi connectivity index (χ2n) is 3.77. The smallest absolute Gasteiger partial charge is 0.329 e. The number of aromatic nitrogens is 1. The Bertz CT molecular complexity index is 449. The van der Waals surface area contributed by atoms with E-state index in [4.69, 9.17) is 5.11 Å². The summed E-state index contributed by atoms with van der Waals surface area (Å²) in [7, 11) is 0. The van der Waals surface area contributed by atoms with Crippen LogP contribution in [0.5, 0.6) is 0 Å². The van der Waals surface area contributed by atoms with E-state index in [9.17, 15) is 14.9 Å². The fourth-order valence-electron chi connectivity index (χ4n) is 1.23. The Kier molecular flexibility index (Phi) is 3.62. The number of rotatable bonds is 5. The highest BCUT2D eigenvalue weighted by atomic mass is 16.6. The molecular weight excluding hydrogens is 226 g/mol. The second-order valence-corrected chi connectivity index (χ2v) is 3.77.